The van der Waals surface area contributed by atoms with E-state index in [1.807, 2.05) is 136 Å². The predicted octanol–water partition coefficient (Wildman–Crippen LogP) is 20.7. The molecule has 0 aliphatic carbocycles. The number of aryl methyl sites for hydroxylation is 2. The van der Waals surface area contributed by atoms with Crippen molar-refractivity contribution in [3.63, 3.8) is 0 Å². The van der Waals surface area contributed by atoms with Gasteiger partial charge in [0.25, 0.3) is 0 Å². The minimum absolute atomic E-state index is 0.270. The maximum atomic E-state index is 14.0. The van der Waals surface area contributed by atoms with Gasteiger partial charge < -0.3 is 38.2 Å². The summed E-state index contributed by atoms with van der Waals surface area (Å²) in [6.45, 7) is 2.36. The average molecular weight is 1510 g/mol. The largest absolute Gasteiger partial charge is 0.359 e. The fourth-order valence-electron chi connectivity index (χ4n) is 14.9. The molecular formula is C91H68F8N14. The Morgan fingerprint density at radius 1 is 0.274 bits per heavy atom. The van der Waals surface area contributed by atoms with Crippen LogP contribution in [-0.4, -0.2) is 68.1 Å². The number of imidazole rings is 4. The Labute approximate surface area is 640 Å². The number of hydrogen-bond acceptors (Lipinski definition) is 6. The van der Waals surface area contributed by atoms with E-state index in [0.29, 0.717) is 73.9 Å². The van der Waals surface area contributed by atoms with Gasteiger partial charge in [-0.2, -0.15) is 0 Å². The molecule has 10 aromatic carbocycles. The lowest BCUT2D eigenvalue weighted by molar-refractivity contribution is 0.626. The average Bonchev–Trinajstić information content (AvgIpc) is 1.64. The molecule has 0 fully saturated rings. The summed E-state index contributed by atoms with van der Waals surface area (Å²) in [5, 5.41) is 3.34. The van der Waals surface area contributed by atoms with E-state index in [2.05, 4.69) is 46.6 Å². The van der Waals surface area contributed by atoms with E-state index >= 15 is 0 Å². The second-order valence-corrected chi connectivity index (χ2v) is 27.6. The molecular weight excluding hydrogens is 1440 g/mol. The Morgan fingerprint density at radius 2 is 0.593 bits per heavy atom. The lowest BCUT2D eigenvalue weighted by atomic mass is 10.1. The van der Waals surface area contributed by atoms with Crippen LogP contribution in [0.25, 0.3) is 87.7 Å². The summed E-state index contributed by atoms with van der Waals surface area (Å²) >= 11 is 0. The Balaban J connectivity index is 0.000000109. The van der Waals surface area contributed by atoms with Gasteiger partial charge in [-0.3, -0.25) is 9.97 Å². The summed E-state index contributed by atoms with van der Waals surface area (Å²) in [7, 11) is 0. The van der Waals surface area contributed by atoms with Crippen LogP contribution < -0.4 is 0 Å². The van der Waals surface area contributed by atoms with Crippen molar-refractivity contribution in [2.24, 2.45) is 0 Å². The first-order valence-electron chi connectivity index (χ1n) is 36.7. The van der Waals surface area contributed by atoms with Crippen LogP contribution >= 0.6 is 0 Å². The van der Waals surface area contributed by atoms with Crippen molar-refractivity contribution in [2.45, 2.75) is 58.3 Å². The number of halogens is 8. The van der Waals surface area contributed by atoms with Crippen LogP contribution in [0.3, 0.4) is 0 Å². The quantitative estimate of drug-likeness (QED) is 0.0664. The molecule has 0 amide bonds. The van der Waals surface area contributed by atoms with Gasteiger partial charge in [-0.1, -0.05) is 115 Å². The molecule has 22 heteroatoms. The van der Waals surface area contributed by atoms with Crippen molar-refractivity contribution in [2.75, 3.05) is 0 Å². The highest BCUT2D eigenvalue weighted by molar-refractivity contribution is 5.88. The molecule has 20 rings (SSSR count). The van der Waals surface area contributed by atoms with E-state index in [4.69, 9.17) is 19.9 Å². The number of fused-ring (bicyclic) bond motifs is 8. The molecule has 0 saturated heterocycles. The minimum Gasteiger partial charge on any atom is -0.359 e. The predicted molar refractivity (Wildman–Crippen MR) is 425 cm³/mol. The molecule has 10 aromatic heterocycles. The summed E-state index contributed by atoms with van der Waals surface area (Å²) in [6.07, 6.45) is 17.1. The maximum Gasteiger partial charge on any atom is 0.147 e. The highest BCUT2D eigenvalue weighted by Gasteiger charge is 2.22. The van der Waals surface area contributed by atoms with Crippen LogP contribution in [0.4, 0.5) is 35.1 Å². The number of nitrogens with zero attached hydrogens (tertiary/aromatic N) is 10. The standard InChI is InChI=1S/C24H19F2N3.C23H17F2N3.2C22H16F2N4/c25-18-9-10-21-22(14-18)29(12-11-16-5-2-1-3-6-16)23(28-21)13-17-15-27-24-19(17)7-4-8-20(24)26;24-17-9-10-20-21(12-17)28(14-15-5-2-1-3-6-15)22(27-20)11-16-13-26-23-18(16)7-4-8-19(23)25;23-16-6-7-19-20(10-16)28(13-14-3-2-8-25-11-14)21(27-19)9-15-12-26-22-17(15)4-1-5-18(22)24;23-16-4-5-19-20(11-16)28(13-14-6-8-25-9-7-14)21(27-19)10-15-12-26-22-17(15)2-1-3-18(22)24/h1-10,14-15,27H,11-13H2;1-10,12-13,26H,11,14H2;1-8,10-12,26H,9,13H2;1-9,11-12,26H,10,13H2. The monoisotopic (exact) mass is 1510 g/mol. The number of hydrogen-bond donors (Lipinski definition) is 4. The summed E-state index contributed by atoms with van der Waals surface area (Å²) in [5.74, 6) is 0.951. The van der Waals surface area contributed by atoms with Crippen LogP contribution in [0.15, 0.2) is 280 Å². The Hall–Kier alpha value is -14.0. The van der Waals surface area contributed by atoms with Gasteiger partial charge in [-0.05, 0) is 166 Å². The summed E-state index contributed by atoms with van der Waals surface area (Å²) in [5.41, 5.74) is 16.1. The SMILES string of the molecule is Fc1ccc2nc(Cc3c[nH]c4c(F)cccc34)n(CCc3ccccc3)c2c1.Fc1ccc2nc(Cc3c[nH]c4c(F)cccc34)n(Cc3ccccc3)c2c1.Fc1ccc2nc(Cc3c[nH]c4c(F)cccc34)n(Cc3cccnc3)c2c1.Fc1ccc2nc(Cc3c[nH]c4c(F)cccc34)n(Cc3ccncc3)c2c1. The molecule has 0 saturated carbocycles. The lowest BCUT2D eigenvalue weighted by Gasteiger charge is -2.10. The minimum atomic E-state index is -0.305. The first kappa shape index (κ1) is 71.9. The molecule has 0 aliphatic heterocycles. The van der Waals surface area contributed by atoms with E-state index in [-0.39, 0.29) is 46.5 Å². The number of nitrogens with one attached hydrogen (secondary N) is 4. The van der Waals surface area contributed by atoms with Crippen molar-refractivity contribution in [3.05, 3.63) is 394 Å². The third-order valence-corrected chi connectivity index (χ3v) is 20.4. The van der Waals surface area contributed by atoms with E-state index in [1.165, 1.54) is 78.4 Å². The molecule has 0 spiro atoms. The van der Waals surface area contributed by atoms with Gasteiger partial charge in [-0.25, -0.2) is 55.1 Å². The molecule has 0 aliphatic rings. The molecule has 10 heterocycles. The van der Waals surface area contributed by atoms with Crippen LogP contribution in [0.5, 0.6) is 0 Å². The topological polar surface area (TPSA) is 160 Å². The van der Waals surface area contributed by atoms with Crippen molar-refractivity contribution in [1.29, 1.82) is 0 Å². The van der Waals surface area contributed by atoms with Crippen LogP contribution in [0, 0.1) is 46.5 Å². The lowest BCUT2D eigenvalue weighted by Crippen LogP contribution is -2.07. The van der Waals surface area contributed by atoms with Crippen molar-refractivity contribution in [1.82, 2.24) is 68.1 Å². The zero-order valence-corrected chi connectivity index (χ0v) is 60.4. The van der Waals surface area contributed by atoms with Gasteiger partial charge in [0.2, 0.25) is 0 Å². The smallest absolute Gasteiger partial charge is 0.147 e. The van der Waals surface area contributed by atoms with Gasteiger partial charge in [0.05, 0.1) is 72.7 Å². The summed E-state index contributed by atoms with van der Waals surface area (Å²) in [6, 6.07) is 66.6. The summed E-state index contributed by atoms with van der Waals surface area (Å²) < 4.78 is 120. The van der Waals surface area contributed by atoms with Gasteiger partial charge >= 0.3 is 0 Å². The molecule has 0 unspecified atom stereocenters. The number of benzene rings is 10. The fourth-order valence-corrected chi connectivity index (χ4v) is 14.9. The molecule has 0 bridgehead atoms. The number of rotatable bonds is 17. The van der Waals surface area contributed by atoms with Gasteiger partial charge in [0.15, 0.2) is 0 Å². The van der Waals surface area contributed by atoms with E-state index in [1.54, 1.807) is 73.3 Å². The molecule has 0 atom stereocenters. The summed E-state index contributed by atoms with van der Waals surface area (Å²) in [4.78, 5) is 39.2. The van der Waals surface area contributed by atoms with Crippen molar-refractivity contribution in [3.8, 4) is 0 Å². The first-order valence-corrected chi connectivity index (χ1v) is 36.7. The zero-order valence-electron chi connectivity index (χ0n) is 60.4. The van der Waals surface area contributed by atoms with Gasteiger partial charge in [-0.15, -0.1) is 0 Å². The highest BCUT2D eigenvalue weighted by atomic mass is 19.2. The van der Waals surface area contributed by atoms with Gasteiger partial charge in [0.1, 0.15) is 69.8 Å². The van der Waals surface area contributed by atoms with Crippen LogP contribution in [0.2, 0.25) is 0 Å². The van der Waals surface area contributed by atoms with Crippen molar-refractivity contribution >= 4 is 87.7 Å². The second-order valence-electron chi connectivity index (χ2n) is 27.6. The molecule has 4 N–H and O–H groups in total. The van der Waals surface area contributed by atoms with E-state index in [9.17, 15) is 35.1 Å². The first-order chi connectivity index (χ1) is 55.2. The Morgan fingerprint density at radius 3 is 0.947 bits per heavy atom. The number of aromatic nitrogens is 14. The normalized spacial score (nSPS) is 11.5. The maximum absolute atomic E-state index is 14.0. The van der Waals surface area contributed by atoms with E-state index < -0.39 is 0 Å². The third-order valence-electron chi connectivity index (χ3n) is 20.4. The van der Waals surface area contributed by atoms with Crippen molar-refractivity contribution < 1.29 is 35.1 Å². The Bertz CT molecular complexity index is 6310. The van der Waals surface area contributed by atoms with Crippen LogP contribution in [0.1, 0.15) is 67.8 Å². The van der Waals surface area contributed by atoms with E-state index in [0.717, 1.165) is 134 Å². The fraction of sp³-hybridized carbons (Fsp3) is 0.0989. The molecule has 20 aromatic rings. The second kappa shape index (κ2) is 31.5. The highest BCUT2D eigenvalue weighted by Crippen LogP contribution is 2.32. The van der Waals surface area contributed by atoms with Crippen LogP contribution in [-0.2, 0) is 58.3 Å². The molecule has 558 valence electrons. The molecule has 0 radical (unpaired) electrons. The van der Waals surface area contributed by atoms with Gasteiger partial charge in [0, 0.05) is 116 Å². The Kier molecular flexibility index (Phi) is 20.0. The number of para-hydroxylation sites is 4. The number of aromatic amines is 4. The number of pyridine rings is 2. The third kappa shape index (κ3) is 15.3. The zero-order chi connectivity index (χ0) is 77.1. The molecule has 14 nitrogen and oxygen atoms in total. The molecule has 113 heavy (non-hydrogen) atoms. The number of H-pyrrole nitrogens is 4.